The molecule has 0 radical (unpaired) electrons. The number of hydrogen-bond acceptors (Lipinski definition) is 7. The topological polar surface area (TPSA) is 104 Å². The lowest BCUT2D eigenvalue weighted by molar-refractivity contribution is 0.398. The van der Waals surface area contributed by atoms with Gasteiger partial charge in [-0.05, 0) is 18.2 Å². The fraction of sp³-hybridized carbons (Fsp3) is 0.0667. The van der Waals surface area contributed by atoms with Crippen LogP contribution in [0, 0.1) is 0 Å². The quantitative estimate of drug-likeness (QED) is 0.617. The highest BCUT2D eigenvalue weighted by atomic mass is 16.5. The number of fused-ring (bicyclic) bond motifs is 1. The van der Waals surface area contributed by atoms with Gasteiger partial charge in [-0.2, -0.15) is 0 Å². The second kappa shape index (κ2) is 5.09. The van der Waals surface area contributed by atoms with E-state index in [2.05, 4.69) is 20.1 Å². The lowest BCUT2D eigenvalue weighted by atomic mass is 10.2. The Balaban J connectivity index is 1.82. The smallest absolute Gasteiger partial charge is 0.218 e. The lowest BCUT2D eigenvalue weighted by Gasteiger charge is -2.04. The van der Waals surface area contributed by atoms with Crippen LogP contribution in [0.25, 0.3) is 28.5 Å². The zero-order valence-electron chi connectivity index (χ0n) is 12.2. The molecule has 4 aromatic heterocycles. The summed E-state index contributed by atoms with van der Waals surface area (Å²) in [6.07, 6.45) is 4.97. The zero-order valence-corrected chi connectivity index (χ0v) is 12.2. The number of hydrogen-bond donors (Lipinski definition) is 1. The fourth-order valence-electron chi connectivity index (χ4n) is 2.21. The summed E-state index contributed by atoms with van der Waals surface area (Å²) in [7, 11) is 1.57. The molecule has 0 amide bonds. The number of furan rings is 1. The van der Waals surface area contributed by atoms with Gasteiger partial charge in [0.25, 0.3) is 0 Å². The van der Waals surface area contributed by atoms with Crippen molar-refractivity contribution in [3.05, 3.63) is 42.9 Å². The number of pyridine rings is 1. The van der Waals surface area contributed by atoms with E-state index >= 15 is 0 Å². The summed E-state index contributed by atoms with van der Waals surface area (Å²) >= 11 is 0. The first kappa shape index (κ1) is 13.3. The van der Waals surface area contributed by atoms with Crippen LogP contribution in [-0.2, 0) is 0 Å². The molecule has 0 spiro atoms. The minimum atomic E-state index is 0.281. The highest BCUT2D eigenvalue weighted by Gasteiger charge is 2.13. The van der Waals surface area contributed by atoms with Crippen molar-refractivity contribution in [1.82, 2.24) is 24.6 Å². The van der Waals surface area contributed by atoms with Crippen molar-refractivity contribution >= 4 is 11.5 Å². The molecule has 8 nitrogen and oxygen atoms in total. The first-order valence-electron chi connectivity index (χ1n) is 6.82. The lowest BCUT2D eigenvalue weighted by Crippen LogP contribution is -2.00. The number of nitrogen functional groups attached to an aromatic ring is 1. The number of nitrogens with zero attached hydrogens (tertiary/aromatic N) is 5. The highest BCUT2D eigenvalue weighted by Crippen LogP contribution is 2.23. The van der Waals surface area contributed by atoms with Crippen molar-refractivity contribution in [1.29, 1.82) is 0 Å². The molecule has 0 aliphatic carbocycles. The van der Waals surface area contributed by atoms with Crippen LogP contribution >= 0.6 is 0 Å². The van der Waals surface area contributed by atoms with Crippen LogP contribution in [0.2, 0.25) is 0 Å². The number of rotatable bonds is 3. The molecule has 0 aliphatic heterocycles. The number of nitrogens with two attached hydrogens (primary N) is 1. The molecule has 8 heteroatoms. The summed E-state index contributed by atoms with van der Waals surface area (Å²) in [4.78, 5) is 12.9. The van der Waals surface area contributed by atoms with Gasteiger partial charge in [0.05, 0.1) is 25.3 Å². The predicted molar refractivity (Wildman–Crippen MR) is 82.7 cm³/mol. The van der Waals surface area contributed by atoms with Gasteiger partial charge in [0, 0.05) is 17.8 Å². The summed E-state index contributed by atoms with van der Waals surface area (Å²) < 4.78 is 11.9. The summed E-state index contributed by atoms with van der Waals surface area (Å²) in [5.74, 6) is 1.83. The Labute approximate surface area is 130 Å². The van der Waals surface area contributed by atoms with Gasteiger partial charge in [0.15, 0.2) is 17.2 Å². The first-order valence-corrected chi connectivity index (χ1v) is 6.82. The summed E-state index contributed by atoms with van der Waals surface area (Å²) in [5.41, 5.74) is 7.92. The van der Waals surface area contributed by atoms with Gasteiger partial charge < -0.3 is 14.9 Å². The van der Waals surface area contributed by atoms with Gasteiger partial charge in [0.1, 0.15) is 0 Å². The molecular formula is C15H12N6O2. The molecule has 4 heterocycles. The monoisotopic (exact) mass is 308 g/mol. The van der Waals surface area contributed by atoms with Crippen LogP contribution in [-0.4, -0.2) is 31.7 Å². The van der Waals surface area contributed by atoms with Crippen molar-refractivity contribution in [3.8, 4) is 28.7 Å². The van der Waals surface area contributed by atoms with Gasteiger partial charge in [-0.25, -0.2) is 19.5 Å². The Hall–Kier alpha value is -3.42. The SMILES string of the molecule is COc1ccc(-c2cn3nc(-c4ccco4)nc3c(N)n2)cn1. The highest BCUT2D eigenvalue weighted by molar-refractivity contribution is 5.68. The molecule has 0 atom stereocenters. The van der Waals surface area contributed by atoms with Crippen LogP contribution < -0.4 is 10.5 Å². The van der Waals surface area contributed by atoms with Crippen LogP contribution in [0.3, 0.4) is 0 Å². The molecule has 4 aromatic rings. The number of aromatic nitrogens is 5. The molecule has 114 valence electrons. The predicted octanol–water partition coefficient (Wildman–Crippen LogP) is 2.04. The Morgan fingerprint density at radius 2 is 2.13 bits per heavy atom. The van der Waals surface area contributed by atoms with E-state index in [1.54, 1.807) is 48.5 Å². The van der Waals surface area contributed by atoms with Gasteiger partial charge >= 0.3 is 0 Å². The van der Waals surface area contributed by atoms with Crippen molar-refractivity contribution in [2.24, 2.45) is 0 Å². The average Bonchev–Trinajstić information content (AvgIpc) is 3.24. The van der Waals surface area contributed by atoms with Gasteiger partial charge in [0.2, 0.25) is 11.7 Å². The van der Waals surface area contributed by atoms with Gasteiger partial charge in [-0.1, -0.05) is 0 Å². The van der Waals surface area contributed by atoms with Crippen molar-refractivity contribution in [2.75, 3.05) is 12.8 Å². The molecule has 0 aromatic carbocycles. The molecule has 0 aliphatic rings. The molecule has 0 saturated heterocycles. The zero-order chi connectivity index (χ0) is 15.8. The Morgan fingerprint density at radius 1 is 1.22 bits per heavy atom. The van der Waals surface area contributed by atoms with Gasteiger partial charge in [-0.15, -0.1) is 5.10 Å². The Bertz CT molecular complexity index is 960. The Kier molecular flexibility index (Phi) is 2.94. The third kappa shape index (κ3) is 2.26. The van der Waals surface area contributed by atoms with E-state index in [1.807, 2.05) is 6.07 Å². The second-order valence-corrected chi connectivity index (χ2v) is 4.78. The first-order chi connectivity index (χ1) is 11.2. The van der Waals surface area contributed by atoms with E-state index < -0.39 is 0 Å². The largest absolute Gasteiger partial charge is 0.481 e. The third-order valence-corrected chi connectivity index (χ3v) is 3.33. The van der Waals surface area contributed by atoms with Crippen LogP contribution in [0.4, 0.5) is 5.82 Å². The standard InChI is InChI=1S/C15H12N6O2/c1-22-12-5-4-9(7-17-12)10-8-21-15(13(16)18-10)19-14(20-21)11-3-2-6-23-11/h2-8H,1H3,(H2,16,18). The van der Waals surface area contributed by atoms with E-state index in [1.165, 1.54) is 0 Å². The minimum Gasteiger partial charge on any atom is -0.481 e. The van der Waals surface area contributed by atoms with E-state index in [-0.39, 0.29) is 5.82 Å². The average molecular weight is 308 g/mol. The summed E-state index contributed by atoms with van der Waals surface area (Å²) in [5, 5.41) is 4.38. The van der Waals surface area contributed by atoms with Gasteiger partial charge in [-0.3, -0.25) is 0 Å². The van der Waals surface area contributed by atoms with E-state index in [4.69, 9.17) is 14.9 Å². The van der Waals surface area contributed by atoms with E-state index in [0.29, 0.717) is 28.8 Å². The summed E-state index contributed by atoms with van der Waals surface area (Å²) in [6.45, 7) is 0. The maximum absolute atomic E-state index is 6.01. The molecule has 0 fully saturated rings. The fourth-order valence-corrected chi connectivity index (χ4v) is 2.21. The second-order valence-electron chi connectivity index (χ2n) is 4.78. The Morgan fingerprint density at radius 3 is 2.83 bits per heavy atom. The van der Waals surface area contributed by atoms with Crippen LogP contribution in [0.1, 0.15) is 0 Å². The minimum absolute atomic E-state index is 0.281. The molecule has 2 N–H and O–H groups in total. The number of methoxy groups -OCH3 is 1. The maximum Gasteiger partial charge on any atom is 0.218 e. The third-order valence-electron chi connectivity index (χ3n) is 3.33. The molecule has 0 unspecified atom stereocenters. The maximum atomic E-state index is 6.01. The van der Waals surface area contributed by atoms with Crippen molar-refractivity contribution in [3.63, 3.8) is 0 Å². The van der Waals surface area contributed by atoms with E-state index in [0.717, 1.165) is 5.56 Å². The van der Waals surface area contributed by atoms with Crippen LogP contribution in [0.15, 0.2) is 47.3 Å². The van der Waals surface area contributed by atoms with Crippen molar-refractivity contribution in [2.45, 2.75) is 0 Å². The molecular weight excluding hydrogens is 296 g/mol. The van der Waals surface area contributed by atoms with E-state index in [9.17, 15) is 0 Å². The number of ether oxygens (including phenoxy) is 1. The normalized spacial score (nSPS) is 11.0. The van der Waals surface area contributed by atoms with Crippen LogP contribution in [0.5, 0.6) is 5.88 Å². The summed E-state index contributed by atoms with van der Waals surface area (Å²) in [6, 6.07) is 7.17. The molecule has 0 bridgehead atoms. The molecule has 23 heavy (non-hydrogen) atoms. The van der Waals surface area contributed by atoms with Crippen molar-refractivity contribution < 1.29 is 9.15 Å². The molecule has 0 saturated carbocycles. The molecule has 4 rings (SSSR count). The number of anilines is 1.